The van der Waals surface area contributed by atoms with Gasteiger partial charge in [-0.25, -0.2) is 0 Å². The molecule has 2 aliphatic heterocycles. The number of aromatic nitrogens is 2. The van der Waals surface area contributed by atoms with Gasteiger partial charge in [0.15, 0.2) is 5.82 Å². The number of ether oxygens (including phenoxy) is 1. The molecule has 5 heteroatoms. The van der Waals surface area contributed by atoms with Crippen LogP contribution in [0.4, 0.5) is 0 Å². The Labute approximate surface area is 132 Å². The number of piperidine rings is 1. The van der Waals surface area contributed by atoms with E-state index in [2.05, 4.69) is 10.1 Å². The third kappa shape index (κ3) is 2.58. The van der Waals surface area contributed by atoms with Crippen molar-refractivity contribution in [3.8, 4) is 0 Å². The highest BCUT2D eigenvalue weighted by atomic mass is 16.5. The van der Waals surface area contributed by atoms with Crippen molar-refractivity contribution in [1.29, 1.82) is 0 Å². The van der Waals surface area contributed by atoms with Gasteiger partial charge in [0, 0.05) is 12.5 Å². The molecule has 2 saturated heterocycles. The number of hydrogen-bond acceptors (Lipinski definition) is 5. The second-order valence-corrected chi connectivity index (χ2v) is 7.16. The Morgan fingerprint density at radius 1 is 1.00 bits per heavy atom. The van der Waals surface area contributed by atoms with E-state index in [0.717, 1.165) is 31.3 Å². The number of nitrogens with zero attached hydrogens (tertiary/aromatic N) is 3. The topological polar surface area (TPSA) is 51.4 Å². The molecule has 5 nitrogen and oxygen atoms in total. The van der Waals surface area contributed by atoms with E-state index in [1.165, 1.54) is 64.5 Å². The van der Waals surface area contributed by atoms with Crippen molar-refractivity contribution in [2.45, 2.75) is 69.2 Å². The predicted molar refractivity (Wildman–Crippen MR) is 82.7 cm³/mol. The van der Waals surface area contributed by atoms with Gasteiger partial charge >= 0.3 is 0 Å². The first-order valence-corrected chi connectivity index (χ1v) is 9.05. The first-order valence-electron chi connectivity index (χ1n) is 9.05. The van der Waals surface area contributed by atoms with E-state index < -0.39 is 0 Å². The minimum Gasteiger partial charge on any atom is -0.381 e. The monoisotopic (exact) mass is 305 g/mol. The second-order valence-electron chi connectivity index (χ2n) is 7.16. The van der Waals surface area contributed by atoms with Crippen LogP contribution in [0.25, 0.3) is 0 Å². The van der Waals surface area contributed by atoms with Crippen LogP contribution in [0.1, 0.15) is 75.4 Å². The maximum Gasteiger partial charge on any atom is 0.247 e. The molecular weight excluding hydrogens is 278 g/mol. The molecule has 4 rings (SSSR count). The predicted octanol–water partition coefficient (Wildman–Crippen LogP) is 3.22. The zero-order valence-electron chi connectivity index (χ0n) is 13.4. The van der Waals surface area contributed by atoms with Gasteiger partial charge in [0.25, 0.3) is 0 Å². The van der Waals surface area contributed by atoms with Crippen LogP contribution in [0.3, 0.4) is 0 Å². The standard InChI is InChI=1S/C17H27N3O2/c1-3-8-17(9-4-1,20-10-5-2-6-11-20)16-18-15(19-22-16)14-7-12-21-13-14/h14H,1-13H2/t14-/m0/s1. The van der Waals surface area contributed by atoms with Gasteiger partial charge < -0.3 is 9.26 Å². The summed E-state index contributed by atoms with van der Waals surface area (Å²) in [5.41, 5.74) is 0.0172. The molecule has 0 aromatic carbocycles. The molecule has 0 amide bonds. The quantitative estimate of drug-likeness (QED) is 0.858. The molecule has 22 heavy (non-hydrogen) atoms. The molecular formula is C17H27N3O2. The lowest BCUT2D eigenvalue weighted by atomic mass is 9.79. The van der Waals surface area contributed by atoms with E-state index >= 15 is 0 Å². The fourth-order valence-electron chi connectivity index (χ4n) is 4.45. The molecule has 0 radical (unpaired) electrons. The maximum absolute atomic E-state index is 5.81. The number of hydrogen-bond donors (Lipinski definition) is 0. The summed E-state index contributed by atoms with van der Waals surface area (Å²) in [6, 6.07) is 0. The summed E-state index contributed by atoms with van der Waals surface area (Å²) in [7, 11) is 0. The lowest BCUT2D eigenvalue weighted by Crippen LogP contribution is -2.50. The van der Waals surface area contributed by atoms with Crippen molar-refractivity contribution >= 4 is 0 Å². The fourth-order valence-corrected chi connectivity index (χ4v) is 4.45. The van der Waals surface area contributed by atoms with Gasteiger partial charge in [0.2, 0.25) is 5.89 Å². The SMILES string of the molecule is C1CCN(C2(c3nc([C@H]4CCOC4)no3)CCCCC2)CC1. The van der Waals surface area contributed by atoms with Crippen LogP contribution in [0, 0.1) is 0 Å². The Hall–Kier alpha value is -0.940. The van der Waals surface area contributed by atoms with E-state index in [-0.39, 0.29) is 5.54 Å². The van der Waals surface area contributed by atoms with Gasteiger partial charge in [-0.15, -0.1) is 0 Å². The van der Waals surface area contributed by atoms with Crippen LogP contribution >= 0.6 is 0 Å². The van der Waals surface area contributed by atoms with Crippen molar-refractivity contribution in [3.05, 3.63) is 11.7 Å². The summed E-state index contributed by atoms with van der Waals surface area (Å²) in [5.74, 6) is 2.09. The minimum absolute atomic E-state index is 0.0172. The first kappa shape index (κ1) is 14.6. The first-order chi connectivity index (χ1) is 10.9. The highest BCUT2D eigenvalue weighted by molar-refractivity contribution is 5.09. The highest BCUT2D eigenvalue weighted by Crippen LogP contribution is 2.43. The zero-order chi connectivity index (χ0) is 14.8. The smallest absolute Gasteiger partial charge is 0.247 e. The van der Waals surface area contributed by atoms with Crippen molar-refractivity contribution < 1.29 is 9.26 Å². The second kappa shape index (κ2) is 6.28. The molecule has 0 N–H and O–H groups in total. The number of likely N-dealkylation sites (tertiary alicyclic amines) is 1. The van der Waals surface area contributed by atoms with Gasteiger partial charge in [0.05, 0.1) is 6.61 Å². The molecule has 0 unspecified atom stereocenters. The van der Waals surface area contributed by atoms with Crippen molar-refractivity contribution in [2.75, 3.05) is 26.3 Å². The molecule has 1 atom stereocenters. The molecule has 1 aliphatic carbocycles. The van der Waals surface area contributed by atoms with E-state index in [0.29, 0.717) is 5.92 Å². The lowest BCUT2D eigenvalue weighted by molar-refractivity contribution is 0.00479. The van der Waals surface area contributed by atoms with Crippen molar-refractivity contribution in [3.63, 3.8) is 0 Å². The van der Waals surface area contributed by atoms with E-state index in [9.17, 15) is 0 Å². The summed E-state index contributed by atoms with van der Waals surface area (Å²) in [5, 5.41) is 4.32. The lowest BCUT2D eigenvalue weighted by Gasteiger charge is -2.45. The summed E-state index contributed by atoms with van der Waals surface area (Å²) >= 11 is 0. The molecule has 122 valence electrons. The summed E-state index contributed by atoms with van der Waals surface area (Å²) in [6.07, 6.45) is 11.2. The van der Waals surface area contributed by atoms with Gasteiger partial charge in [-0.1, -0.05) is 30.8 Å². The molecule has 3 aliphatic rings. The summed E-state index contributed by atoms with van der Waals surface area (Å²) in [4.78, 5) is 7.51. The largest absolute Gasteiger partial charge is 0.381 e. The fraction of sp³-hybridized carbons (Fsp3) is 0.882. The number of rotatable bonds is 3. The van der Waals surface area contributed by atoms with Crippen LogP contribution in [-0.4, -0.2) is 41.3 Å². The Morgan fingerprint density at radius 3 is 2.50 bits per heavy atom. The molecule has 1 aromatic rings. The van der Waals surface area contributed by atoms with Crippen molar-refractivity contribution in [2.24, 2.45) is 0 Å². The van der Waals surface area contributed by atoms with Crippen LogP contribution < -0.4 is 0 Å². The summed E-state index contributed by atoms with van der Waals surface area (Å²) < 4.78 is 11.3. The van der Waals surface area contributed by atoms with E-state index in [1.54, 1.807) is 0 Å². The minimum atomic E-state index is 0.0172. The Balaban J connectivity index is 1.62. The Morgan fingerprint density at radius 2 is 1.77 bits per heavy atom. The van der Waals surface area contributed by atoms with Crippen LogP contribution in [-0.2, 0) is 10.3 Å². The third-order valence-corrected chi connectivity index (χ3v) is 5.78. The Kier molecular flexibility index (Phi) is 4.18. The van der Waals surface area contributed by atoms with Crippen LogP contribution in [0.15, 0.2) is 4.52 Å². The van der Waals surface area contributed by atoms with E-state index in [1.807, 2.05) is 0 Å². The normalized spacial score (nSPS) is 29.7. The average molecular weight is 305 g/mol. The highest BCUT2D eigenvalue weighted by Gasteiger charge is 2.45. The zero-order valence-corrected chi connectivity index (χ0v) is 13.4. The molecule has 3 heterocycles. The molecule has 0 spiro atoms. The van der Waals surface area contributed by atoms with Gasteiger partial charge in [0.1, 0.15) is 5.54 Å². The molecule has 0 bridgehead atoms. The van der Waals surface area contributed by atoms with Crippen molar-refractivity contribution in [1.82, 2.24) is 15.0 Å². The van der Waals surface area contributed by atoms with Gasteiger partial charge in [-0.2, -0.15) is 4.98 Å². The Bertz CT molecular complexity index is 484. The van der Waals surface area contributed by atoms with Crippen LogP contribution in [0.5, 0.6) is 0 Å². The average Bonchev–Trinajstić information content (AvgIpc) is 3.28. The molecule has 3 fully saturated rings. The summed E-state index contributed by atoms with van der Waals surface area (Å²) in [6.45, 7) is 3.94. The molecule has 1 aromatic heterocycles. The third-order valence-electron chi connectivity index (χ3n) is 5.78. The van der Waals surface area contributed by atoms with Crippen LogP contribution in [0.2, 0.25) is 0 Å². The molecule has 1 saturated carbocycles. The van der Waals surface area contributed by atoms with Gasteiger partial charge in [-0.3, -0.25) is 4.90 Å². The van der Waals surface area contributed by atoms with E-state index in [4.69, 9.17) is 14.2 Å². The van der Waals surface area contributed by atoms with Gasteiger partial charge in [-0.05, 0) is 45.2 Å². The maximum atomic E-state index is 5.81.